The zero-order valence-corrected chi connectivity index (χ0v) is 9.66. The number of rotatable bonds is 3. The van der Waals surface area contributed by atoms with Gasteiger partial charge in [0.15, 0.2) is 0 Å². The first-order chi connectivity index (χ1) is 7.72. The fourth-order valence-electron chi connectivity index (χ4n) is 2.63. The van der Waals surface area contributed by atoms with Crippen molar-refractivity contribution in [1.82, 2.24) is 15.5 Å². The van der Waals surface area contributed by atoms with Crippen molar-refractivity contribution in [3.63, 3.8) is 0 Å². The molecule has 5 nitrogen and oxygen atoms in total. The van der Waals surface area contributed by atoms with E-state index in [0.29, 0.717) is 6.04 Å². The van der Waals surface area contributed by atoms with Gasteiger partial charge < -0.3 is 10.6 Å². The van der Waals surface area contributed by atoms with Crippen LogP contribution in [0.5, 0.6) is 0 Å². The van der Waals surface area contributed by atoms with Gasteiger partial charge in [-0.3, -0.25) is 9.69 Å². The Hall–Kier alpha value is -1.10. The highest BCUT2D eigenvalue weighted by Gasteiger charge is 2.36. The number of hydrogen-bond donors (Lipinski definition) is 2. The van der Waals surface area contributed by atoms with Crippen LogP contribution < -0.4 is 10.6 Å². The largest absolute Gasteiger partial charge is 0.329 e. The van der Waals surface area contributed by atoms with Crippen molar-refractivity contribution in [2.24, 2.45) is 0 Å². The summed E-state index contributed by atoms with van der Waals surface area (Å²) in [6, 6.07) is 0.462. The average Bonchev–Trinajstić information content (AvgIpc) is 2.61. The van der Waals surface area contributed by atoms with Crippen LogP contribution in [0.3, 0.4) is 0 Å². The van der Waals surface area contributed by atoms with Gasteiger partial charge in [-0.2, -0.15) is 0 Å². The minimum Gasteiger partial charge on any atom is -0.329 e. The third kappa shape index (κ3) is 2.19. The third-order valence-electron chi connectivity index (χ3n) is 3.43. The Balaban J connectivity index is 1.88. The van der Waals surface area contributed by atoms with E-state index in [0.717, 1.165) is 32.2 Å². The second-order valence-corrected chi connectivity index (χ2v) is 4.49. The molecule has 5 heteroatoms. The molecule has 0 atom stereocenters. The Morgan fingerprint density at radius 2 is 2.00 bits per heavy atom. The molecule has 2 aliphatic rings. The first-order valence-electron chi connectivity index (χ1n) is 6.05. The molecule has 90 valence electrons. The van der Waals surface area contributed by atoms with E-state index in [1.165, 1.54) is 4.90 Å². The summed E-state index contributed by atoms with van der Waals surface area (Å²) in [4.78, 5) is 24.4. The van der Waals surface area contributed by atoms with Crippen LogP contribution in [0, 0.1) is 0 Å². The second-order valence-electron chi connectivity index (χ2n) is 4.49. The summed E-state index contributed by atoms with van der Waals surface area (Å²) < 4.78 is 0. The first kappa shape index (κ1) is 11.4. The van der Waals surface area contributed by atoms with E-state index in [1.54, 1.807) is 0 Å². The summed E-state index contributed by atoms with van der Waals surface area (Å²) in [5, 5.41) is 5.99. The zero-order valence-electron chi connectivity index (χ0n) is 9.66. The van der Waals surface area contributed by atoms with Gasteiger partial charge in [0.2, 0.25) is 5.91 Å². The number of urea groups is 1. The van der Waals surface area contributed by atoms with Gasteiger partial charge in [-0.15, -0.1) is 0 Å². The van der Waals surface area contributed by atoms with Crippen LogP contribution in [0.15, 0.2) is 0 Å². The van der Waals surface area contributed by atoms with Crippen molar-refractivity contribution in [3.05, 3.63) is 0 Å². The lowest BCUT2D eigenvalue weighted by molar-refractivity contribution is -0.127. The molecule has 0 aromatic heterocycles. The van der Waals surface area contributed by atoms with E-state index < -0.39 is 0 Å². The Labute approximate surface area is 95.6 Å². The summed E-state index contributed by atoms with van der Waals surface area (Å²) in [5.41, 5.74) is 0. The van der Waals surface area contributed by atoms with Gasteiger partial charge in [-0.1, -0.05) is 6.92 Å². The standard InChI is InChI=1S/C11H19N3O2/c1-2-12-8-3-5-9(6-4-8)14-10(15)7-13-11(14)16/h8-9,12H,2-7H2,1H3,(H,13,16). The van der Waals surface area contributed by atoms with E-state index in [1.807, 2.05) is 0 Å². The minimum absolute atomic E-state index is 0.0723. The maximum Gasteiger partial charge on any atom is 0.324 e. The van der Waals surface area contributed by atoms with Gasteiger partial charge in [-0.25, -0.2) is 4.79 Å². The number of amides is 3. The predicted molar refractivity (Wildman–Crippen MR) is 60.0 cm³/mol. The molecule has 2 rings (SSSR count). The van der Waals surface area contributed by atoms with Gasteiger partial charge in [0.05, 0.1) is 6.54 Å². The molecular formula is C11H19N3O2. The van der Waals surface area contributed by atoms with Crippen LogP contribution in [0.25, 0.3) is 0 Å². The molecule has 2 fully saturated rings. The molecular weight excluding hydrogens is 206 g/mol. The second kappa shape index (κ2) is 4.82. The molecule has 0 radical (unpaired) electrons. The van der Waals surface area contributed by atoms with Gasteiger partial charge >= 0.3 is 6.03 Å². The van der Waals surface area contributed by atoms with Crippen LogP contribution in [0.2, 0.25) is 0 Å². The fraction of sp³-hybridized carbons (Fsp3) is 0.818. The molecule has 1 saturated heterocycles. The van der Waals surface area contributed by atoms with Gasteiger partial charge in [0.1, 0.15) is 0 Å². The van der Waals surface area contributed by atoms with E-state index >= 15 is 0 Å². The highest BCUT2D eigenvalue weighted by atomic mass is 16.2. The summed E-state index contributed by atoms with van der Waals surface area (Å²) in [7, 11) is 0. The number of nitrogens with zero attached hydrogens (tertiary/aromatic N) is 1. The van der Waals surface area contributed by atoms with E-state index in [9.17, 15) is 9.59 Å². The van der Waals surface area contributed by atoms with E-state index in [4.69, 9.17) is 0 Å². The lowest BCUT2D eigenvalue weighted by Gasteiger charge is -2.33. The predicted octanol–water partition coefficient (Wildman–Crippen LogP) is 0.459. The number of imide groups is 1. The Morgan fingerprint density at radius 1 is 1.31 bits per heavy atom. The summed E-state index contributed by atoms with van der Waals surface area (Å²) >= 11 is 0. The summed E-state index contributed by atoms with van der Waals surface area (Å²) in [6.07, 6.45) is 3.96. The molecule has 0 unspecified atom stereocenters. The molecule has 1 saturated carbocycles. The van der Waals surface area contributed by atoms with Crippen molar-refractivity contribution in [1.29, 1.82) is 0 Å². The lowest BCUT2D eigenvalue weighted by Crippen LogP contribution is -2.45. The van der Waals surface area contributed by atoms with Crippen LogP contribution >= 0.6 is 0 Å². The van der Waals surface area contributed by atoms with Crippen LogP contribution in [0.1, 0.15) is 32.6 Å². The molecule has 2 N–H and O–H groups in total. The highest BCUT2D eigenvalue weighted by molar-refractivity contribution is 6.02. The van der Waals surface area contributed by atoms with Crippen molar-refractivity contribution in [2.45, 2.75) is 44.7 Å². The van der Waals surface area contributed by atoms with Crippen LogP contribution in [0.4, 0.5) is 4.79 Å². The minimum atomic E-state index is -0.211. The molecule has 3 amide bonds. The SMILES string of the molecule is CCNC1CCC(N2C(=O)CNC2=O)CC1. The lowest BCUT2D eigenvalue weighted by atomic mass is 9.90. The molecule has 0 bridgehead atoms. The normalized spacial score (nSPS) is 30.7. The molecule has 0 aromatic carbocycles. The number of carbonyl (C=O) groups excluding carboxylic acids is 2. The Morgan fingerprint density at radius 3 is 2.50 bits per heavy atom. The molecule has 1 aliphatic heterocycles. The van der Waals surface area contributed by atoms with Crippen LogP contribution in [-0.2, 0) is 4.79 Å². The van der Waals surface area contributed by atoms with Crippen molar-refractivity contribution < 1.29 is 9.59 Å². The number of nitrogens with one attached hydrogen (secondary N) is 2. The summed E-state index contributed by atoms with van der Waals surface area (Å²) in [5.74, 6) is -0.0723. The highest BCUT2D eigenvalue weighted by Crippen LogP contribution is 2.24. The fourth-order valence-corrected chi connectivity index (χ4v) is 2.63. The van der Waals surface area contributed by atoms with Crippen molar-refractivity contribution in [3.8, 4) is 0 Å². The zero-order chi connectivity index (χ0) is 11.5. The van der Waals surface area contributed by atoms with E-state index in [2.05, 4.69) is 17.6 Å². The van der Waals surface area contributed by atoms with Crippen molar-refractivity contribution in [2.75, 3.05) is 13.1 Å². The first-order valence-corrected chi connectivity index (χ1v) is 6.05. The van der Waals surface area contributed by atoms with Gasteiger partial charge in [0.25, 0.3) is 0 Å². The average molecular weight is 225 g/mol. The van der Waals surface area contributed by atoms with E-state index in [-0.39, 0.29) is 24.5 Å². The third-order valence-corrected chi connectivity index (χ3v) is 3.43. The monoisotopic (exact) mass is 225 g/mol. The molecule has 16 heavy (non-hydrogen) atoms. The van der Waals surface area contributed by atoms with Gasteiger partial charge in [-0.05, 0) is 32.2 Å². The molecule has 0 spiro atoms. The maximum absolute atomic E-state index is 11.5. The maximum atomic E-state index is 11.5. The topological polar surface area (TPSA) is 61.4 Å². The molecule has 1 heterocycles. The number of carbonyl (C=O) groups is 2. The summed E-state index contributed by atoms with van der Waals surface area (Å²) in [6.45, 7) is 3.26. The smallest absolute Gasteiger partial charge is 0.324 e. The number of hydrogen-bond acceptors (Lipinski definition) is 3. The Kier molecular flexibility index (Phi) is 3.43. The molecule has 1 aliphatic carbocycles. The Bertz CT molecular complexity index is 269. The van der Waals surface area contributed by atoms with Crippen molar-refractivity contribution >= 4 is 11.9 Å². The molecule has 0 aromatic rings. The van der Waals surface area contributed by atoms with Gasteiger partial charge in [0, 0.05) is 12.1 Å². The quantitative estimate of drug-likeness (QED) is 0.686. The van der Waals surface area contributed by atoms with Crippen LogP contribution in [-0.4, -0.2) is 42.0 Å².